The standard InChI is InChI=1S/C13H13F3N4O3/c1-3-19-8(13(14,15)16)7-11(21)20(12(19)22)9-5-6-10(18-17-9)23-4-2/h5-7H,3-4H2,1-2H3. The van der Waals surface area contributed by atoms with Crippen LogP contribution in [0.25, 0.3) is 5.82 Å². The highest BCUT2D eigenvalue weighted by Gasteiger charge is 2.35. The molecule has 0 radical (unpaired) electrons. The Kier molecular flexibility index (Phi) is 4.52. The summed E-state index contributed by atoms with van der Waals surface area (Å²) in [6.07, 6.45) is -4.81. The lowest BCUT2D eigenvalue weighted by atomic mass is 10.3. The van der Waals surface area contributed by atoms with Crippen molar-refractivity contribution in [3.8, 4) is 11.7 Å². The van der Waals surface area contributed by atoms with Gasteiger partial charge >= 0.3 is 11.9 Å². The molecule has 2 aromatic rings. The predicted molar refractivity (Wildman–Crippen MR) is 73.7 cm³/mol. The molecule has 0 fully saturated rings. The predicted octanol–water partition coefficient (Wildman–Crippen LogP) is 1.23. The zero-order chi connectivity index (χ0) is 17.2. The number of nitrogens with zero attached hydrogens (tertiary/aromatic N) is 4. The van der Waals surface area contributed by atoms with Gasteiger partial charge in [0.15, 0.2) is 5.82 Å². The molecular formula is C13H13F3N4O3. The van der Waals surface area contributed by atoms with Crippen molar-refractivity contribution in [1.29, 1.82) is 0 Å². The zero-order valence-electron chi connectivity index (χ0n) is 12.3. The summed E-state index contributed by atoms with van der Waals surface area (Å²) >= 11 is 0. The van der Waals surface area contributed by atoms with Gasteiger partial charge in [-0.2, -0.15) is 13.2 Å². The first-order chi connectivity index (χ1) is 10.8. The third-order valence-corrected chi connectivity index (χ3v) is 2.95. The highest BCUT2D eigenvalue weighted by molar-refractivity contribution is 5.24. The molecular weight excluding hydrogens is 317 g/mol. The lowest BCUT2D eigenvalue weighted by Crippen LogP contribution is -2.42. The van der Waals surface area contributed by atoms with Crippen molar-refractivity contribution >= 4 is 0 Å². The van der Waals surface area contributed by atoms with Gasteiger partial charge in [0.25, 0.3) is 5.56 Å². The smallest absolute Gasteiger partial charge is 0.431 e. The summed E-state index contributed by atoms with van der Waals surface area (Å²) in [5.41, 5.74) is -3.57. The van der Waals surface area contributed by atoms with Gasteiger partial charge in [-0.05, 0) is 19.9 Å². The Bertz CT molecular complexity index is 809. The summed E-state index contributed by atoms with van der Waals surface area (Å²) in [5.74, 6) is -0.00796. The van der Waals surface area contributed by atoms with Crippen LogP contribution in [0.3, 0.4) is 0 Å². The molecule has 2 aromatic heterocycles. The molecule has 124 valence electrons. The van der Waals surface area contributed by atoms with Crippen LogP contribution in [0.15, 0.2) is 27.8 Å². The second-order valence-electron chi connectivity index (χ2n) is 4.39. The third-order valence-electron chi connectivity index (χ3n) is 2.95. The Hall–Kier alpha value is -2.65. The fraction of sp³-hybridized carbons (Fsp3) is 0.385. The van der Waals surface area contributed by atoms with Crippen LogP contribution in [0.5, 0.6) is 5.88 Å². The van der Waals surface area contributed by atoms with Crippen molar-refractivity contribution < 1.29 is 17.9 Å². The number of halogens is 3. The van der Waals surface area contributed by atoms with Crippen molar-refractivity contribution in [3.63, 3.8) is 0 Å². The highest BCUT2D eigenvalue weighted by atomic mass is 19.4. The van der Waals surface area contributed by atoms with E-state index in [1.54, 1.807) is 6.92 Å². The number of ether oxygens (including phenoxy) is 1. The number of alkyl halides is 3. The topological polar surface area (TPSA) is 79.0 Å². The molecule has 0 aromatic carbocycles. The molecule has 0 amide bonds. The van der Waals surface area contributed by atoms with E-state index in [0.717, 1.165) is 0 Å². The summed E-state index contributed by atoms with van der Waals surface area (Å²) in [4.78, 5) is 24.2. The number of aromatic nitrogens is 4. The first-order valence-electron chi connectivity index (χ1n) is 6.70. The lowest BCUT2D eigenvalue weighted by molar-refractivity contribution is -0.144. The van der Waals surface area contributed by atoms with Gasteiger partial charge in [0.1, 0.15) is 5.69 Å². The minimum atomic E-state index is -4.81. The van der Waals surface area contributed by atoms with Crippen LogP contribution < -0.4 is 16.0 Å². The van der Waals surface area contributed by atoms with Gasteiger partial charge in [-0.1, -0.05) is 0 Å². The SMILES string of the molecule is CCOc1ccc(-n2c(=O)cc(C(F)(F)F)n(CC)c2=O)nn1. The van der Waals surface area contributed by atoms with E-state index in [-0.39, 0.29) is 18.2 Å². The van der Waals surface area contributed by atoms with E-state index in [0.29, 0.717) is 21.8 Å². The molecule has 0 saturated heterocycles. The van der Waals surface area contributed by atoms with E-state index >= 15 is 0 Å². The van der Waals surface area contributed by atoms with E-state index < -0.39 is 23.1 Å². The van der Waals surface area contributed by atoms with E-state index in [1.807, 2.05) is 0 Å². The average Bonchev–Trinajstić information content (AvgIpc) is 2.48. The Morgan fingerprint density at radius 1 is 1.17 bits per heavy atom. The molecule has 7 nitrogen and oxygen atoms in total. The van der Waals surface area contributed by atoms with Crippen molar-refractivity contribution in [1.82, 2.24) is 19.3 Å². The second-order valence-corrected chi connectivity index (χ2v) is 4.39. The van der Waals surface area contributed by atoms with Crippen molar-refractivity contribution in [2.24, 2.45) is 0 Å². The van der Waals surface area contributed by atoms with E-state index in [9.17, 15) is 22.8 Å². The third kappa shape index (κ3) is 3.25. The highest BCUT2D eigenvalue weighted by Crippen LogP contribution is 2.27. The molecule has 0 aliphatic carbocycles. The van der Waals surface area contributed by atoms with E-state index in [2.05, 4.69) is 10.2 Å². The molecule has 2 rings (SSSR count). The summed E-state index contributed by atoms with van der Waals surface area (Å²) in [6.45, 7) is 3.19. The van der Waals surface area contributed by atoms with Crippen LogP contribution in [-0.2, 0) is 12.7 Å². The summed E-state index contributed by atoms with van der Waals surface area (Å²) < 4.78 is 44.8. The fourth-order valence-corrected chi connectivity index (χ4v) is 1.99. The Morgan fingerprint density at radius 3 is 2.35 bits per heavy atom. The van der Waals surface area contributed by atoms with Gasteiger partial charge in [0.2, 0.25) is 5.88 Å². The largest absolute Gasteiger partial charge is 0.477 e. The lowest BCUT2D eigenvalue weighted by Gasteiger charge is -2.15. The molecule has 0 N–H and O–H groups in total. The molecule has 2 heterocycles. The number of hydrogen-bond acceptors (Lipinski definition) is 5. The van der Waals surface area contributed by atoms with Crippen LogP contribution in [0.4, 0.5) is 13.2 Å². The van der Waals surface area contributed by atoms with E-state index in [1.165, 1.54) is 19.1 Å². The van der Waals surface area contributed by atoms with Crippen LogP contribution in [0.2, 0.25) is 0 Å². The van der Waals surface area contributed by atoms with E-state index in [4.69, 9.17) is 4.74 Å². The maximum Gasteiger partial charge on any atom is 0.431 e. The van der Waals surface area contributed by atoms with Crippen molar-refractivity contribution in [2.75, 3.05) is 6.61 Å². The molecule has 0 aliphatic heterocycles. The maximum atomic E-state index is 12.9. The molecule has 0 atom stereocenters. The Labute approximate surface area is 128 Å². The van der Waals surface area contributed by atoms with Crippen LogP contribution in [0, 0.1) is 0 Å². The van der Waals surface area contributed by atoms with Gasteiger partial charge in [-0.3, -0.25) is 9.36 Å². The van der Waals surface area contributed by atoms with Gasteiger partial charge in [0.05, 0.1) is 6.61 Å². The summed E-state index contributed by atoms with van der Waals surface area (Å²) in [6, 6.07) is 3.00. The van der Waals surface area contributed by atoms with Crippen molar-refractivity contribution in [3.05, 3.63) is 44.7 Å². The molecule has 0 saturated carbocycles. The molecule has 0 spiro atoms. The maximum absolute atomic E-state index is 12.9. The number of hydrogen-bond donors (Lipinski definition) is 0. The minimum absolute atomic E-state index is 0.173. The fourth-order valence-electron chi connectivity index (χ4n) is 1.99. The molecule has 23 heavy (non-hydrogen) atoms. The average molecular weight is 330 g/mol. The first kappa shape index (κ1) is 16.7. The van der Waals surface area contributed by atoms with Gasteiger partial charge in [-0.25, -0.2) is 9.36 Å². The quantitative estimate of drug-likeness (QED) is 0.842. The zero-order valence-corrected chi connectivity index (χ0v) is 12.3. The molecule has 0 aliphatic rings. The normalized spacial score (nSPS) is 11.5. The Morgan fingerprint density at radius 2 is 1.87 bits per heavy atom. The molecule has 10 heteroatoms. The monoisotopic (exact) mass is 330 g/mol. The van der Waals surface area contributed by atoms with Gasteiger partial charge in [-0.15, -0.1) is 10.2 Å². The number of rotatable bonds is 4. The van der Waals surface area contributed by atoms with Gasteiger partial charge < -0.3 is 4.74 Å². The first-order valence-corrected chi connectivity index (χ1v) is 6.70. The van der Waals surface area contributed by atoms with Crippen LogP contribution >= 0.6 is 0 Å². The molecule has 0 bridgehead atoms. The summed E-state index contributed by atoms with van der Waals surface area (Å²) in [7, 11) is 0. The Balaban J connectivity index is 2.65. The van der Waals surface area contributed by atoms with Crippen LogP contribution in [0.1, 0.15) is 19.5 Å². The van der Waals surface area contributed by atoms with Gasteiger partial charge in [0, 0.05) is 18.7 Å². The minimum Gasteiger partial charge on any atom is -0.477 e. The second kappa shape index (κ2) is 6.23. The molecule has 0 unspecified atom stereocenters. The van der Waals surface area contributed by atoms with Crippen molar-refractivity contribution in [2.45, 2.75) is 26.6 Å². The van der Waals surface area contributed by atoms with Crippen LogP contribution in [-0.4, -0.2) is 25.9 Å². The summed E-state index contributed by atoms with van der Waals surface area (Å²) in [5, 5.41) is 7.30.